The first kappa shape index (κ1) is 11.2. The monoisotopic (exact) mass is 195 g/mol. The summed E-state index contributed by atoms with van der Waals surface area (Å²) >= 11 is 0. The van der Waals surface area contributed by atoms with Gasteiger partial charge in [0.1, 0.15) is 5.82 Å². The van der Waals surface area contributed by atoms with Crippen LogP contribution in [-0.4, -0.2) is 9.55 Å². The molecule has 1 aromatic heterocycles. The fourth-order valence-corrected chi connectivity index (χ4v) is 1.69. The van der Waals surface area contributed by atoms with Gasteiger partial charge in [0.15, 0.2) is 0 Å². The van der Waals surface area contributed by atoms with E-state index in [1.54, 1.807) is 0 Å². The fraction of sp³-hybridized carbons (Fsp3) is 0.727. The van der Waals surface area contributed by atoms with Crippen molar-refractivity contribution in [1.82, 2.24) is 9.55 Å². The molecule has 0 saturated heterocycles. The highest BCUT2D eigenvalue weighted by Crippen LogP contribution is 2.17. The normalized spacial score (nSPS) is 13.5. The number of hydrogen-bond acceptors (Lipinski definition) is 2. The van der Waals surface area contributed by atoms with Gasteiger partial charge in [-0.25, -0.2) is 4.98 Å². The van der Waals surface area contributed by atoms with Gasteiger partial charge in [0.2, 0.25) is 0 Å². The molecule has 3 nitrogen and oxygen atoms in total. The Morgan fingerprint density at radius 1 is 1.50 bits per heavy atom. The number of imidazole rings is 1. The van der Waals surface area contributed by atoms with Crippen LogP contribution in [0.15, 0.2) is 12.4 Å². The molecule has 0 bridgehead atoms. The highest BCUT2D eigenvalue weighted by Gasteiger charge is 2.13. The van der Waals surface area contributed by atoms with E-state index in [1.165, 1.54) is 0 Å². The summed E-state index contributed by atoms with van der Waals surface area (Å²) in [6, 6.07) is 0.0801. The molecule has 1 aromatic rings. The van der Waals surface area contributed by atoms with Gasteiger partial charge in [0.25, 0.3) is 0 Å². The Balaban J connectivity index is 2.68. The van der Waals surface area contributed by atoms with Crippen LogP contribution in [0, 0.1) is 5.92 Å². The van der Waals surface area contributed by atoms with Crippen LogP contribution in [0.1, 0.15) is 45.5 Å². The number of nitrogens with two attached hydrogens (primary N) is 1. The zero-order valence-corrected chi connectivity index (χ0v) is 9.40. The maximum absolute atomic E-state index is 6.09. The minimum absolute atomic E-state index is 0.0801. The molecule has 1 rings (SSSR count). The van der Waals surface area contributed by atoms with Gasteiger partial charge in [-0.3, -0.25) is 0 Å². The van der Waals surface area contributed by atoms with E-state index >= 15 is 0 Å². The van der Waals surface area contributed by atoms with Gasteiger partial charge in [-0.2, -0.15) is 0 Å². The quantitative estimate of drug-likeness (QED) is 0.783. The van der Waals surface area contributed by atoms with Crippen LogP contribution >= 0.6 is 0 Å². The van der Waals surface area contributed by atoms with Crippen LogP contribution in [0.4, 0.5) is 0 Å². The van der Waals surface area contributed by atoms with E-state index in [1.807, 2.05) is 12.4 Å². The van der Waals surface area contributed by atoms with Crippen molar-refractivity contribution >= 4 is 0 Å². The zero-order valence-electron chi connectivity index (χ0n) is 9.40. The molecular formula is C11H21N3. The molecular weight excluding hydrogens is 174 g/mol. The summed E-state index contributed by atoms with van der Waals surface area (Å²) < 4.78 is 2.16. The first-order valence-electron chi connectivity index (χ1n) is 5.41. The Kier molecular flexibility index (Phi) is 4.14. The minimum atomic E-state index is 0.0801. The number of aryl methyl sites for hydroxylation is 1. The van der Waals surface area contributed by atoms with Crippen LogP contribution in [0.25, 0.3) is 0 Å². The van der Waals surface area contributed by atoms with Crippen molar-refractivity contribution in [3.05, 3.63) is 18.2 Å². The molecule has 0 aliphatic rings. The summed E-state index contributed by atoms with van der Waals surface area (Å²) in [6.45, 7) is 7.55. The second-order valence-electron chi connectivity index (χ2n) is 4.21. The van der Waals surface area contributed by atoms with E-state index in [0.29, 0.717) is 5.92 Å². The van der Waals surface area contributed by atoms with Gasteiger partial charge in [-0.1, -0.05) is 20.8 Å². The highest BCUT2D eigenvalue weighted by molar-refractivity contribution is 4.98. The van der Waals surface area contributed by atoms with Crippen LogP contribution in [0.5, 0.6) is 0 Å². The molecule has 14 heavy (non-hydrogen) atoms. The molecule has 3 heteroatoms. The molecule has 0 amide bonds. The third-order valence-corrected chi connectivity index (χ3v) is 2.27. The summed E-state index contributed by atoms with van der Waals surface area (Å²) in [5.74, 6) is 1.65. The number of hydrogen-bond donors (Lipinski definition) is 1. The van der Waals surface area contributed by atoms with E-state index < -0.39 is 0 Å². The molecule has 2 N–H and O–H groups in total. The molecule has 1 atom stereocenters. The predicted molar refractivity (Wildman–Crippen MR) is 58.9 cm³/mol. The van der Waals surface area contributed by atoms with Gasteiger partial charge in [-0.15, -0.1) is 0 Å². The standard InChI is InChI=1S/C11H21N3/c1-4-6-14-7-5-13-11(14)10(12)8-9(2)3/h5,7,9-10H,4,6,8,12H2,1-3H3. The van der Waals surface area contributed by atoms with Crippen molar-refractivity contribution in [1.29, 1.82) is 0 Å². The Morgan fingerprint density at radius 3 is 2.79 bits per heavy atom. The van der Waals surface area contributed by atoms with Gasteiger partial charge < -0.3 is 10.3 Å². The molecule has 1 unspecified atom stereocenters. The Morgan fingerprint density at radius 2 is 2.21 bits per heavy atom. The smallest absolute Gasteiger partial charge is 0.125 e. The lowest BCUT2D eigenvalue weighted by atomic mass is 10.0. The van der Waals surface area contributed by atoms with Crippen LogP contribution < -0.4 is 5.73 Å². The van der Waals surface area contributed by atoms with E-state index in [2.05, 4.69) is 30.3 Å². The SMILES string of the molecule is CCCn1ccnc1C(N)CC(C)C. The van der Waals surface area contributed by atoms with Gasteiger partial charge in [-0.05, 0) is 18.8 Å². The predicted octanol–water partition coefficient (Wildman–Crippen LogP) is 2.34. The zero-order chi connectivity index (χ0) is 10.6. The van der Waals surface area contributed by atoms with Crippen molar-refractivity contribution in [2.24, 2.45) is 11.7 Å². The summed E-state index contributed by atoms with van der Waals surface area (Å²) in [4.78, 5) is 4.33. The fourth-order valence-electron chi connectivity index (χ4n) is 1.69. The third kappa shape index (κ3) is 2.84. The molecule has 0 saturated carbocycles. The van der Waals surface area contributed by atoms with Crippen molar-refractivity contribution in [3.63, 3.8) is 0 Å². The maximum Gasteiger partial charge on any atom is 0.125 e. The lowest BCUT2D eigenvalue weighted by Crippen LogP contribution is -2.18. The van der Waals surface area contributed by atoms with Crippen molar-refractivity contribution < 1.29 is 0 Å². The third-order valence-electron chi connectivity index (χ3n) is 2.27. The number of nitrogens with zero attached hydrogens (tertiary/aromatic N) is 2. The van der Waals surface area contributed by atoms with Crippen molar-refractivity contribution in [3.8, 4) is 0 Å². The van der Waals surface area contributed by atoms with Crippen LogP contribution in [0.2, 0.25) is 0 Å². The maximum atomic E-state index is 6.09. The summed E-state index contributed by atoms with van der Waals surface area (Å²) in [7, 11) is 0. The van der Waals surface area contributed by atoms with Gasteiger partial charge >= 0.3 is 0 Å². The number of rotatable bonds is 5. The molecule has 0 spiro atoms. The van der Waals surface area contributed by atoms with E-state index in [-0.39, 0.29) is 6.04 Å². The molecule has 1 heterocycles. The highest BCUT2D eigenvalue weighted by atomic mass is 15.1. The Hall–Kier alpha value is -0.830. The van der Waals surface area contributed by atoms with E-state index in [0.717, 1.165) is 25.2 Å². The summed E-state index contributed by atoms with van der Waals surface area (Å²) in [5, 5.41) is 0. The molecule has 0 radical (unpaired) electrons. The first-order valence-corrected chi connectivity index (χ1v) is 5.41. The molecule has 0 fully saturated rings. The van der Waals surface area contributed by atoms with Crippen LogP contribution in [-0.2, 0) is 6.54 Å². The number of aromatic nitrogens is 2. The topological polar surface area (TPSA) is 43.8 Å². The van der Waals surface area contributed by atoms with E-state index in [4.69, 9.17) is 5.73 Å². The Bertz CT molecular complexity index is 265. The first-order chi connectivity index (χ1) is 6.65. The average Bonchev–Trinajstić information content (AvgIpc) is 2.51. The second kappa shape index (κ2) is 5.15. The van der Waals surface area contributed by atoms with Gasteiger partial charge in [0.05, 0.1) is 6.04 Å². The minimum Gasteiger partial charge on any atom is -0.334 e. The largest absolute Gasteiger partial charge is 0.334 e. The van der Waals surface area contributed by atoms with Crippen molar-refractivity contribution in [2.45, 2.75) is 46.2 Å². The summed E-state index contributed by atoms with van der Waals surface area (Å²) in [6.07, 6.45) is 5.97. The second-order valence-corrected chi connectivity index (χ2v) is 4.21. The lowest BCUT2D eigenvalue weighted by molar-refractivity contribution is 0.472. The van der Waals surface area contributed by atoms with E-state index in [9.17, 15) is 0 Å². The van der Waals surface area contributed by atoms with Crippen molar-refractivity contribution in [2.75, 3.05) is 0 Å². The molecule has 0 aliphatic carbocycles. The summed E-state index contributed by atoms with van der Waals surface area (Å²) in [5.41, 5.74) is 6.09. The lowest BCUT2D eigenvalue weighted by Gasteiger charge is -2.15. The molecule has 80 valence electrons. The Labute approximate surface area is 86.3 Å². The average molecular weight is 195 g/mol. The van der Waals surface area contributed by atoms with Gasteiger partial charge in [0, 0.05) is 18.9 Å². The molecule has 0 aromatic carbocycles. The van der Waals surface area contributed by atoms with Crippen LogP contribution in [0.3, 0.4) is 0 Å². The molecule has 0 aliphatic heterocycles.